The van der Waals surface area contributed by atoms with Gasteiger partial charge in [-0.15, -0.1) is 0 Å². The summed E-state index contributed by atoms with van der Waals surface area (Å²) in [7, 11) is -2.98. The molecular weight excluding hydrogens is 312 g/mol. The lowest BCUT2D eigenvalue weighted by molar-refractivity contribution is 0.580. The van der Waals surface area contributed by atoms with E-state index in [9.17, 15) is 8.42 Å². The highest BCUT2D eigenvalue weighted by atomic mass is 32.2. The Hall–Kier alpha value is -1.63. The molecule has 0 fully saturated rings. The van der Waals surface area contributed by atoms with Gasteiger partial charge in [0.15, 0.2) is 0 Å². The van der Waals surface area contributed by atoms with Crippen LogP contribution in [-0.4, -0.2) is 39.8 Å². The molecule has 0 aliphatic heterocycles. The van der Waals surface area contributed by atoms with Gasteiger partial charge in [0.25, 0.3) is 0 Å². The fourth-order valence-corrected chi connectivity index (χ4v) is 3.77. The minimum Gasteiger partial charge on any atom is -0.330 e. The lowest BCUT2D eigenvalue weighted by atomic mass is 10.0. The molecule has 0 amide bonds. The number of nitrogens with zero attached hydrogens (tertiary/aromatic N) is 4. The maximum Gasteiger partial charge on any atom is 0.149 e. The zero-order chi connectivity index (χ0) is 16.6. The Morgan fingerprint density at radius 2 is 1.96 bits per heavy atom. The Morgan fingerprint density at radius 1 is 1.22 bits per heavy atom. The smallest absolute Gasteiger partial charge is 0.149 e. The van der Waals surface area contributed by atoms with Crippen molar-refractivity contribution in [2.75, 3.05) is 12.0 Å². The second-order valence-electron chi connectivity index (χ2n) is 6.48. The molecule has 0 spiro atoms. The largest absolute Gasteiger partial charge is 0.330 e. The Kier molecular flexibility index (Phi) is 4.31. The highest BCUT2D eigenvalue weighted by Gasteiger charge is 2.18. The SMILES string of the molecule is Cc1nn(CCS(C)(=O)=O)c(C)c1Cn1cnc2c1CCCC2. The van der Waals surface area contributed by atoms with E-state index in [0.29, 0.717) is 6.54 Å². The van der Waals surface area contributed by atoms with Gasteiger partial charge in [-0.2, -0.15) is 5.10 Å². The van der Waals surface area contributed by atoms with E-state index in [0.717, 1.165) is 30.8 Å². The monoisotopic (exact) mass is 336 g/mol. The van der Waals surface area contributed by atoms with Crippen molar-refractivity contribution in [1.29, 1.82) is 0 Å². The Morgan fingerprint density at radius 3 is 2.70 bits per heavy atom. The number of sulfone groups is 1. The zero-order valence-corrected chi connectivity index (χ0v) is 14.9. The maximum atomic E-state index is 11.4. The summed E-state index contributed by atoms with van der Waals surface area (Å²) in [6.45, 7) is 5.18. The van der Waals surface area contributed by atoms with Crippen LogP contribution < -0.4 is 0 Å². The molecule has 3 rings (SSSR count). The summed E-state index contributed by atoms with van der Waals surface area (Å²) in [6, 6.07) is 0. The van der Waals surface area contributed by atoms with Crippen LogP contribution in [0.5, 0.6) is 0 Å². The normalized spacial score (nSPS) is 14.9. The average Bonchev–Trinajstić information content (AvgIpc) is 3.01. The fraction of sp³-hybridized carbons (Fsp3) is 0.625. The number of aromatic nitrogens is 4. The quantitative estimate of drug-likeness (QED) is 0.833. The van der Waals surface area contributed by atoms with Gasteiger partial charge >= 0.3 is 0 Å². The summed E-state index contributed by atoms with van der Waals surface area (Å²) < 4.78 is 26.8. The lowest BCUT2D eigenvalue weighted by Crippen LogP contribution is -2.14. The summed E-state index contributed by atoms with van der Waals surface area (Å²) in [6.07, 6.45) is 7.82. The van der Waals surface area contributed by atoms with E-state index in [-0.39, 0.29) is 5.75 Å². The highest BCUT2D eigenvalue weighted by Crippen LogP contribution is 2.22. The first kappa shape index (κ1) is 16.2. The Bertz CT molecular complexity index is 817. The molecule has 2 heterocycles. The second kappa shape index (κ2) is 6.11. The second-order valence-corrected chi connectivity index (χ2v) is 8.74. The minimum atomic E-state index is -2.98. The van der Waals surface area contributed by atoms with Crippen LogP contribution in [0.25, 0.3) is 0 Å². The molecule has 23 heavy (non-hydrogen) atoms. The fourth-order valence-electron chi connectivity index (χ4n) is 3.27. The molecule has 0 atom stereocenters. The third kappa shape index (κ3) is 3.49. The molecule has 0 radical (unpaired) electrons. The minimum absolute atomic E-state index is 0.120. The van der Waals surface area contributed by atoms with Crippen molar-refractivity contribution in [2.45, 2.75) is 52.6 Å². The van der Waals surface area contributed by atoms with E-state index in [2.05, 4.69) is 14.6 Å². The summed E-state index contributed by atoms with van der Waals surface area (Å²) >= 11 is 0. The van der Waals surface area contributed by atoms with Crippen molar-refractivity contribution in [3.05, 3.63) is 34.7 Å². The first-order valence-corrected chi connectivity index (χ1v) is 10.1. The van der Waals surface area contributed by atoms with E-state index < -0.39 is 9.84 Å². The Balaban J connectivity index is 1.83. The molecule has 0 bridgehead atoms. The molecule has 6 nitrogen and oxygen atoms in total. The molecule has 0 saturated carbocycles. The molecule has 126 valence electrons. The van der Waals surface area contributed by atoms with Gasteiger partial charge in [0.2, 0.25) is 0 Å². The number of rotatable bonds is 5. The molecular formula is C16H24N4O2S. The number of hydrogen-bond donors (Lipinski definition) is 0. The third-order valence-electron chi connectivity index (χ3n) is 4.64. The molecule has 0 N–H and O–H groups in total. The maximum absolute atomic E-state index is 11.4. The van der Waals surface area contributed by atoms with Gasteiger partial charge in [-0.25, -0.2) is 13.4 Å². The van der Waals surface area contributed by atoms with Crippen molar-refractivity contribution in [1.82, 2.24) is 19.3 Å². The van der Waals surface area contributed by atoms with Crippen molar-refractivity contribution in [3.63, 3.8) is 0 Å². The number of hydrogen-bond acceptors (Lipinski definition) is 4. The standard InChI is InChI=1S/C16H24N4O2S/c1-12-14(13(2)20(18-12)8-9-23(3,21)22)10-19-11-17-15-6-4-5-7-16(15)19/h11H,4-10H2,1-3H3. The van der Waals surface area contributed by atoms with Crippen LogP contribution in [0.3, 0.4) is 0 Å². The van der Waals surface area contributed by atoms with E-state index in [1.807, 2.05) is 24.9 Å². The van der Waals surface area contributed by atoms with Crippen LogP contribution in [0.4, 0.5) is 0 Å². The van der Waals surface area contributed by atoms with Gasteiger partial charge in [0.05, 0.1) is 36.6 Å². The molecule has 1 aliphatic carbocycles. The third-order valence-corrected chi connectivity index (χ3v) is 5.57. The summed E-state index contributed by atoms with van der Waals surface area (Å²) in [4.78, 5) is 4.54. The van der Waals surface area contributed by atoms with Crippen LogP contribution in [0.2, 0.25) is 0 Å². The van der Waals surface area contributed by atoms with Crippen molar-refractivity contribution in [3.8, 4) is 0 Å². The number of aryl methyl sites for hydroxylation is 3. The van der Waals surface area contributed by atoms with Gasteiger partial charge in [-0.3, -0.25) is 4.68 Å². The first-order chi connectivity index (χ1) is 10.8. The molecule has 2 aromatic heterocycles. The van der Waals surface area contributed by atoms with Gasteiger partial charge in [-0.1, -0.05) is 0 Å². The number of fused-ring (bicyclic) bond motifs is 1. The average molecular weight is 336 g/mol. The Labute approximate surface area is 137 Å². The summed E-state index contributed by atoms with van der Waals surface area (Å²) in [5, 5.41) is 4.52. The molecule has 0 saturated heterocycles. The molecule has 1 aliphatic rings. The van der Waals surface area contributed by atoms with E-state index >= 15 is 0 Å². The van der Waals surface area contributed by atoms with Gasteiger partial charge in [-0.05, 0) is 39.5 Å². The van der Waals surface area contributed by atoms with Crippen LogP contribution in [0, 0.1) is 13.8 Å². The van der Waals surface area contributed by atoms with Crippen LogP contribution in [0.1, 0.15) is 41.2 Å². The topological polar surface area (TPSA) is 69.8 Å². The van der Waals surface area contributed by atoms with Gasteiger partial charge < -0.3 is 4.57 Å². The van der Waals surface area contributed by atoms with E-state index in [4.69, 9.17) is 0 Å². The molecule has 2 aromatic rings. The molecule has 0 unspecified atom stereocenters. The predicted molar refractivity (Wildman–Crippen MR) is 89.4 cm³/mol. The highest BCUT2D eigenvalue weighted by molar-refractivity contribution is 7.90. The van der Waals surface area contributed by atoms with Crippen LogP contribution in [0.15, 0.2) is 6.33 Å². The van der Waals surface area contributed by atoms with Crippen molar-refractivity contribution in [2.24, 2.45) is 0 Å². The van der Waals surface area contributed by atoms with Crippen LogP contribution >= 0.6 is 0 Å². The van der Waals surface area contributed by atoms with Crippen LogP contribution in [-0.2, 0) is 35.8 Å². The summed E-state index contributed by atoms with van der Waals surface area (Å²) in [5.41, 5.74) is 5.76. The lowest BCUT2D eigenvalue weighted by Gasteiger charge is -2.14. The van der Waals surface area contributed by atoms with E-state index in [1.165, 1.54) is 36.0 Å². The zero-order valence-electron chi connectivity index (χ0n) is 14.0. The number of imidazole rings is 1. The van der Waals surface area contributed by atoms with Gasteiger partial charge in [0, 0.05) is 23.2 Å². The first-order valence-electron chi connectivity index (χ1n) is 8.08. The molecule has 0 aromatic carbocycles. The molecule has 7 heteroatoms. The predicted octanol–water partition coefficient (Wildman–Crippen LogP) is 1.67. The van der Waals surface area contributed by atoms with Crippen molar-refractivity contribution < 1.29 is 8.42 Å². The van der Waals surface area contributed by atoms with E-state index in [1.54, 1.807) is 0 Å². The summed E-state index contributed by atoms with van der Waals surface area (Å²) in [5.74, 6) is 0.120. The van der Waals surface area contributed by atoms with Crippen molar-refractivity contribution >= 4 is 9.84 Å². The van der Waals surface area contributed by atoms with Gasteiger partial charge in [0.1, 0.15) is 9.84 Å².